The lowest BCUT2D eigenvalue weighted by molar-refractivity contribution is -0.134. The summed E-state index contributed by atoms with van der Waals surface area (Å²) in [5.74, 6) is -0.469. The Morgan fingerprint density at radius 3 is 2.66 bits per heavy atom. The molecule has 0 saturated carbocycles. The molecule has 8 nitrogen and oxygen atoms in total. The normalized spacial score (nSPS) is 18.5. The quantitative estimate of drug-likeness (QED) is 0.696. The maximum Gasteiger partial charge on any atom is 0.325 e. The summed E-state index contributed by atoms with van der Waals surface area (Å²) in [4.78, 5) is 42.7. The molecule has 1 fully saturated rings. The van der Waals surface area contributed by atoms with Gasteiger partial charge in [-0.05, 0) is 32.4 Å². The van der Waals surface area contributed by atoms with Gasteiger partial charge in [0.15, 0.2) is 0 Å². The summed E-state index contributed by atoms with van der Waals surface area (Å²) in [6.07, 6.45) is 1.61. The molecular weight excluding hydrogens is 372 g/mol. The molecule has 1 aliphatic heterocycles. The van der Waals surface area contributed by atoms with E-state index >= 15 is 0 Å². The second kappa shape index (κ2) is 8.30. The SMILES string of the molecule is CCOc1ncccc1CNC(=O)CN1C(=O)N[C@@](C)(c2ccc(C)cc2)C1=O. The van der Waals surface area contributed by atoms with Gasteiger partial charge in [-0.25, -0.2) is 9.78 Å². The van der Waals surface area contributed by atoms with Crippen molar-refractivity contribution in [2.75, 3.05) is 13.2 Å². The van der Waals surface area contributed by atoms with Crippen LogP contribution in [0.5, 0.6) is 5.88 Å². The Bertz CT molecular complexity index is 929. The van der Waals surface area contributed by atoms with E-state index in [0.717, 1.165) is 10.5 Å². The molecule has 1 saturated heterocycles. The summed E-state index contributed by atoms with van der Waals surface area (Å²) in [6.45, 7) is 5.70. The summed E-state index contributed by atoms with van der Waals surface area (Å²) in [5.41, 5.74) is 1.23. The molecule has 29 heavy (non-hydrogen) atoms. The highest BCUT2D eigenvalue weighted by Gasteiger charge is 2.49. The second-order valence-electron chi connectivity index (χ2n) is 6.99. The predicted molar refractivity (Wildman–Crippen MR) is 106 cm³/mol. The van der Waals surface area contributed by atoms with Gasteiger partial charge in [0.05, 0.1) is 6.61 Å². The van der Waals surface area contributed by atoms with Gasteiger partial charge in [0.25, 0.3) is 5.91 Å². The maximum atomic E-state index is 12.9. The van der Waals surface area contributed by atoms with Crippen molar-refractivity contribution in [1.29, 1.82) is 0 Å². The first-order chi connectivity index (χ1) is 13.8. The third-order valence-electron chi connectivity index (χ3n) is 4.81. The van der Waals surface area contributed by atoms with Crippen LogP contribution in [0, 0.1) is 6.92 Å². The van der Waals surface area contributed by atoms with E-state index in [0.29, 0.717) is 23.6 Å². The molecule has 2 heterocycles. The average Bonchev–Trinajstić information content (AvgIpc) is 2.92. The monoisotopic (exact) mass is 396 g/mol. The van der Waals surface area contributed by atoms with Crippen LogP contribution in [0.1, 0.15) is 30.5 Å². The number of aromatic nitrogens is 1. The van der Waals surface area contributed by atoms with Gasteiger partial charge in [-0.2, -0.15) is 0 Å². The number of rotatable bonds is 7. The average molecular weight is 396 g/mol. The molecular formula is C21H24N4O4. The summed E-state index contributed by atoms with van der Waals surface area (Å²) in [7, 11) is 0. The van der Waals surface area contributed by atoms with Crippen molar-refractivity contribution >= 4 is 17.8 Å². The zero-order valence-corrected chi connectivity index (χ0v) is 16.7. The van der Waals surface area contributed by atoms with Crippen molar-refractivity contribution in [3.63, 3.8) is 0 Å². The van der Waals surface area contributed by atoms with Gasteiger partial charge in [0.1, 0.15) is 12.1 Å². The highest BCUT2D eigenvalue weighted by atomic mass is 16.5. The van der Waals surface area contributed by atoms with Gasteiger partial charge in [0.2, 0.25) is 11.8 Å². The Kier molecular flexibility index (Phi) is 5.81. The molecule has 2 N–H and O–H groups in total. The standard InChI is InChI=1S/C21H24N4O4/c1-4-29-18-15(6-5-11-22-18)12-23-17(26)13-25-19(27)21(3,24-20(25)28)16-9-7-14(2)8-10-16/h5-11H,4,12-13H2,1-3H3,(H,23,26)(H,24,28)/t21-/m0/s1. The molecule has 0 bridgehead atoms. The van der Waals surface area contributed by atoms with Crippen LogP contribution in [0.2, 0.25) is 0 Å². The van der Waals surface area contributed by atoms with Crippen LogP contribution >= 0.6 is 0 Å². The molecule has 1 atom stereocenters. The molecule has 3 rings (SSSR count). The fourth-order valence-electron chi connectivity index (χ4n) is 3.14. The molecule has 4 amide bonds. The summed E-state index contributed by atoms with van der Waals surface area (Å²) in [5, 5.41) is 5.41. The number of carbonyl (C=O) groups excluding carboxylic acids is 3. The first kappa shape index (κ1) is 20.3. The molecule has 0 radical (unpaired) electrons. The molecule has 1 aromatic heterocycles. The van der Waals surface area contributed by atoms with Crippen LogP contribution in [0.15, 0.2) is 42.6 Å². The van der Waals surface area contributed by atoms with Crippen LogP contribution in [-0.2, 0) is 21.7 Å². The molecule has 8 heteroatoms. The van der Waals surface area contributed by atoms with E-state index in [1.165, 1.54) is 0 Å². The second-order valence-corrected chi connectivity index (χ2v) is 6.99. The van der Waals surface area contributed by atoms with Gasteiger partial charge in [0, 0.05) is 18.3 Å². The van der Waals surface area contributed by atoms with Gasteiger partial charge >= 0.3 is 6.03 Å². The number of nitrogens with zero attached hydrogens (tertiary/aromatic N) is 2. The smallest absolute Gasteiger partial charge is 0.325 e. The number of urea groups is 1. The lowest BCUT2D eigenvalue weighted by Gasteiger charge is -2.22. The molecule has 1 aromatic carbocycles. The van der Waals surface area contributed by atoms with Crippen molar-refractivity contribution in [1.82, 2.24) is 20.5 Å². The minimum Gasteiger partial charge on any atom is -0.478 e. The first-order valence-corrected chi connectivity index (χ1v) is 9.39. The summed E-state index contributed by atoms with van der Waals surface area (Å²) in [6, 6.07) is 10.3. The number of ether oxygens (including phenoxy) is 1. The molecule has 0 unspecified atom stereocenters. The van der Waals surface area contributed by atoms with E-state index in [1.54, 1.807) is 37.4 Å². The number of pyridine rings is 1. The molecule has 1 aliphatic rings. The molecule has 152 valence electrons. The maximum absolute atomic E-state index is 12.9. The van der Waals surface area contributed by atoms with Gasteiger partial charge < -0.3 is 15.4 Å². The first-order valence-electron chi connectivity index (χ1n) is 9.39. The van der Waals surface area contributed by atoms with Crippen LogP contribution in [-0.4, -0.2) is 40.9 Å². The van der Waals surface area contributed by atoms with E-state index in [4.69, 9.17) is 4.74 Å². The van der Waals surface area contributed by atoms with Gasteiger partial charge in [-0.3, -0.25) is 14.5 Å². The van der Waals surface area contributed by atoms with Gasteiger partial charge in [-0.1, -0.05) is 35.9 Å². The zero-order chi connectivity index (χ0) is 21.0. The number of amides is 4. The largest absolute Gasteiger partial charge is 0.478 e. The number of hydrogen-bond acceptors (Lipinski definition) is 5. The topological polar surface area (TPSA) is 101 Å². The molecule has 2 aromatic rings. The lowest BCUT2D eigenvalue weighted by Crippen LogP contribution is -2.43. The minimum absolute atomic E-state index is 0.181. The van der Waals surface area contributed by atoms with Crippen molar-refractivity contribution < 1.29 is 19.1 Å². The minimum atomic E-state index is -1.20. The number of imide groups is 1. The molecule has 0 aliphatic carbocycles. The van der Waals surface area contributed by atoms with Crippen LogP contribution in [0.4, 0.5) is 4.79 Å². The summed E-state index contributed by atoms with van der Waals surface area (Å²) >= 11 is 0. The predicted octanol–water partition coefficient (Wildman–Crippen LogP) is 1.87. The molecule has 0 spiro atoms. The zero-order valence-electron chi connectivity index (χ0n) is 16.7. The third kappa shape index (κ3) is 4.21. The summed E-state index contributed by atoms with van der Waals surface area (Å²) < 4.78 is 5.43. The fraction of sp³-hybridized carbons (Fsp3) is 0.333. The Morgan fingerprint density at radius 1 is 1.24 bits per heavy atom. The number of carbonyl (C=O) groups is 3. The van der Waals surface area contributed by atoms with E-state index in [1.807, 2.05) is 26.0 Å². The number of nitrogens with one attached hydrogen (secondary N) is 2. The van der Waals surface area contributed by atoms with Crippen molar-refractivity contribution in [2.24, 2.45) is 0 Å². The van der Waals surface area contributed by atoms with Crippen molar-refractivity contribution in [3.8, 4) is 5.88 Å². The van der Waals surface area contributed by atoms with E-state index < -0.39 is 23.4 Å². The van der Waals surface area contributed by atoms with Crippen LogP contribution in [0.3, 0.4) is 0 Å². The fourth-order valence-corrected chi connectivity index (χ4v) is 3.14. The van der Waals surface area contributed by atoms with E-state index in [9.17, 15) is 14.4 Å². The van der Waals surface area contributed by atoms with Crippen molar-refractivity contribution in [2.45, 2.75) is 32.9 Å². The Labute approximate surface area is 169 Å². The highest BCUT2D eigenvalue weighted by molar-refractivity contribution is 6.09. The van der Waals surface area contributed by atoms with Crippen molar-refractivity contribution in [3.05, 3.63) is 59.3 Å². The Morgan fingerprint density at radius 2 is 1.97 bits per heavy atom. The Hall–Kier alpha value is -3.42. The number of hydrogen-bond donors (Lipinski definition) is 2. The Balaban J connectivity index is 1.66. The van der Waals surface area contributed by atoms with Crippen LogP contribution in [0.25, 0.3) is 0 Å². The number of aryl methyl sites for hydroxylation is 1. The number of benzene rings is 1. The van der Waals surface area contributed by atoms with E-state index in [2.05, 4.69) is 15.6 Å². The van der Waals surface area contributed by atoms with Gasteiger partial charge in [-0.15, -0.1) is 0 Å². The van der Waals surface area contributed by atoms with E-state index in [-0.39, 0.29) is 13.1 Å². The highest BCUT2D eigenvalue weighted by Crippen LogP contribution is 2.28. The lowest BCUT2D eigenvalue weighted by atomic mass is 9.91. The third-order valence-corrected chi connectivity index (χ3v) is 4.81. The van der Waals surface area contributed by atoms with Crippen LogP contribution < -0.4 is 15.4 Å².